The van der Waals surface area contributed by atoms with Gasteiger partial charge in [0.15, 0.2) is 0 Å². The molecule has 1 rings (SSSR count). The zero-order valence-corrected chi connectivity index (χ0v) is 9.24. The first-order chi connectivity index (χ1) is 6.77. The zero-order valence-electron chi connectivity index (χ0n) is 9.24. The van der Waals surface area contributed by atoms with E-state index in [4.69, 9.17) is 15.2 Å². The third-order valence-electron chi connectivity index (χ3n) is 2.62. The second-order valence-corrected chi connectivity index (χ2v) is 3.73. The molecule has 2 N–H and O–H groups in total. The zero-order chi connectivity index (χ0) is 10.4. The van der Waals surface area contributed by atoms with E-state index in [0.29, 0.717) is 12.6 Å². The molecular weight excluding hydrogens is 180 g/mol. The highest BCUT2D eigenvalue weighted by atomic mass is 16.5. The van der Waals surface area contributed by atoms with Gasteiger partial charge in [-0.15, -0.1) is 0 Å². The Morgan fingerprint density at radius 2 is 2.36 bits per heavy atom. The van der Waals surface area contributed by atoms with Gasteiger partial charge in [-0.25, -0.2) is 0 Å². The molecule has 0 amide bonds. The number of ether oxygens (including phenoxy) is 2. The number of morpholine rings is 1. The predicted molar refractivity (Wildman–Crippen MR) is 56.3 cm³/mol. The molecule has 0 saturated carbocycles. The molecule has 1 fully saturated rings. The summed E-state index contributed by atoms with van der Waals surface area (Å²) in [6.07, 6.45) is 0.202. The van der Waals surface area contributed by atoms with E-state index in [-0.39, 0.29) is 6.10 Å². The first-order valence-electron chi connectivity index (χ1n) is 5.41. The van der Waals surface area contributed by atoms with E-state index in [9.17, 15) is 0 Å². The molecule has 1 aliphatic heterocycles. The minimum atomic E-state index is 0.202. The van der Waals surface area contributed by atoms with Gasteiger partial charge in [0.05, 0.1) is 19.3 Å². The van der Waals surface area contributed by atoms with Gasteiger partial charge in [-0.2, -0.15) is 0 Å². The molecule has 4 heteroatoms. The third kappa shape index (κ3) is 3.53. The van der Waals surface area contributed by atoms with Crippen LogP contribution < -0.4 is 5.73 Å². The number of nitrogens with two attached hydrogens (primary N) is 1. The Morgan fingerprint density at radius 1 is 1.57 bits per heavy atom. The summed E-state index contributed by atoms with van der Waals surface area (Å²) in [5.74, 6) is 0. The van der Waals surface area contributed by atoms with Crippen LogP contribution in [0, 0.1) is 0 Å². The molecule has 0 bridgehead atoms. The van der Waals surface area contributed by atoms with Crippen molar-refractivity contribution in [2.75, 3.05) is 39.5 Å². The summed E-state index contributed by atoms with van der Waals surface area (Å²) < 4.78 is 10.9. The van der Waals surface area contributed by atoms with Crippen LogP contribution in [-0.2, 0) is 9.47 Å². The van der Waals surface area contributed by atoms with Gasteiger partial charge in [0.25, 0.3) is 0 Å². The molecule has 1 heterocycles. The van der Waals surface area contributed by atoms with Crippen LogP contribution in [0.1, 0.15) is 13.8 Å². The van der Waals surface area contributed by atoms with Crippen molar-refractivity contribution in [3.63, 3.8) is 0 Å². The smallest absolute Gasteiger partial charge is 0.0824 e. The molecule has 0 aromatic heterocycles. The molecule has 1 aliphatic rings. The summed E-state index contributed by atoms with van der Waals surface area (Å²) in [7, 11) is 0. The average Bonchev–Trinajstić information content (AvgIpc) is 2.21. The van der Waals surface area contributed by atoms with Gasteiger partial charge in [-0.05, 0) is 13.8 Å². The Bertz CT molecular complexity index is 155. The van der Waals surface area contributed by atoms with Crippen molar-refractivity contribution < 1.29 is 9.47 Å². The maximum Gasteiger partial charge on any atom is 0.0824 e. The van der Waals surface area contributed by atoms with Gasteiger partial charge in [-0.1, -0.05) is 0 Å². The van der Waals surface area contributed by atoms with Gasteiger partial charge in [-0.3, -0.25) is 4.90 Å². The van der Waals surface area contributed by atoms with Crippen LogP contribution in [0.15, 0.2) is 0 Å². The summed E-state index contributed by atoms with van der Waals surface area (Å²) in [6.45, 7) is 9.10. The first-order valence-corrected chi connectivity index (χ1v) is 5.41. The lowest BCUT2D eigenvalue weighted by Crippen LogP contribution is -2.51. The molecule has 1 saturated heterocycles. The summed E-state index contributed by atoms with van der Waals surface area (Å²) in [4.78, 5) is 2.39. The Hall–Kier alpha value is -0.160. The first kappa shape index (κ1) is 11.9. The molecule has 0 aromatic rings. The fraction of sp³-hybridized carbons (Fsp3) is 1.00. The molecule has 84 valence electrons. The lowest BCUT2D eigenvalue weighted by molar-refractivity contribution is -0.0602. The number of nitrogens with zero attached hydrogens (tertiary/aromatic N) is 1. The lowest BCUT2D eigenvalue weighted by Gasteiger charge is -2.37. The van der Waals surface area contributed by atoms with Crippen LogP contribution >= 0.6 is 0 Å². The Balaban J connectivity index is 2.25. The predicted octanol–water partition coefficient (Wildman–Crippen LogP) is 0.0709. The van der Waals surface area contributed by atoms with E-state index in [1.54, 1.807) is 0 Å². The maximum atomic E-state index is 5.58. The lowest BCUT2D eigenvalue weighted by atomic mass is 10.2. The largest absolute Gasteiger partial charge is 0.380 e. The van der Waals surface area contributed by atoms with E-state index < -0.39 is 0 Å². The van der Waals surface area contributed by atoms with Crippen LogP contribution in [0.5, 0.6) is 0 Å². The molecule has 0 aliphatic carbocycles. The van der Waals surface area contributed by atoms with Crippen LogP contribution in [0.25, 0.3) is 0 Å². The Morgan fingerprint density at radius 3 is 3.00 bits per heavy atom. The molecule has 0 aromatic carbocycles. The molecule has 4 nitrogen and oxygen atoms in total. The van der Waals surface area contributed by atoms with Crippen LogP contribution in [0.2, 0.25) is 0 Å². The standard InChI is InChI=1S/C10H22N2O2/c1-3-13-5-4-12-7-10(6-11)14-8-9(12)2/h9-10H,3-8,11H2,1-2H3. The summed E-state index contributed by atoms with van der Waals surface area (Å²) >= 11 is 0. The average molecular weight is 202 g/mol. The molecule has 2 unspecified atom stereocenters. The van der Waals surface area contributed by atoms with Crippen molar-refractivity contribution in [3.8, 4) is 0 Å². The number of hydrogen-bond acceptors (Lipinski definition) is 4. The molecule has 14 heavy (non-hydrogen) atoms. The van der Waals surface area contributed by atoms with Crippen LogP contribution in [-0.4, -0.2) is 56.5 Å². The van der Waals surface area contributed by atoms with Crippen molar-refractivity contribution in [2.45, 2.75) is 26.0 Å². The van der Waals surface area contributed by atoms with E-state index in [1.807, 2.05) is 6.92 Å². The van der Waals surface area contributed by atoms with Gasteiger partial charge >= 0.3 is 0 Å². The quantitative estimate of drug-likeness (QED) is 0.641. The number of hydrogen-bond donors (Lipinski definition) is 1. The number of rotatable bonds is 5. The van der Waals surface area contributed by atoms with Crippen molar-refractivity contribution in [1.82, 2.24) is 4.90 Å². The topological polar surface area (TPSA) is 47.7 Å². The molecule has 0 spiro atoms. The van der Waals surface area contributed by atoms with Crippen LogP contribution in [0.4, 0.5) is 0 Å². The van der Waals surface area contributed by atoms with Crippen LogP contribution in [0.3, 0.4) is 0 Å². The second-order valence-electron chi connectivity index (χ2n) is 3.73. The minimum Gasteiger partial charge on any atom is -0.380 e. The normalized spacial score (nSPS) is 29.4. The van der Waals surface area contributed by atoms with E-state index in [2.05, 4.69) is 11.8 Å². The SMILES string of the molecule is CCOCCN1CC(CN)OCC1C. The van der Waals surface area contributed by atoms with Gasteiger partial charge in [0.2, 0.25) is 0 Å². The highest BCUT2D eigenvalue weighted by Crippen LogP contribution is 2.10. The minimum absolute atomic E-state index is 0.202. The highest BCUT2D eigenvalue weighted by molar-refractivity contribution is 4.77. The second kappa shape index (κ2) is 6.35. The Labute approximate surface area is 86.3 Å². The van der Waals surface area contributed by atoms with Crippen molar-refractivity contribution in [1.29, 1.82) is 0 Å². The fourth-order valence-corrected chi connectivity index (χ4v) is 1.66. The summed E-state index contributed by atoms with van der Waals surface area (Å²) in [5.41, 5.74) is 5.58. The maximum absolute atomic E-state index is 5.58. The van der Waals surface area contributed by atoms with Crippen molar-refractivity contribution in [3.05, 3.63) is 0 Å². The van der Waals surface area contributed by atoms with Gasteiger partial charge in [0.1, 0.15) is 0 Å². The van der Waals surface area contributed by atoms with E-state index >= 15 is 0 Å². The monoisotopic (exact) mass is 202 g/mol. The van der Waals surface area contributed by atoms with E-state index in [0.717, 1.165) is 32.9 Å². The highest BCUT2D eigenvalue weighted by Gasteiger charge is 2.24. The van der Waals surface area contributed by atoms with E-state index in [1.165, 1.54) is 0 Å². The summed E-state index contributed by atoms with van der Waals surface area (Å²) in [6, 6.07) is 0.484. The molecular formula is C10H22N2O2. The van der Waals surface area contributed by atoms with Gasteiger partial charge < -0.3 is 15.2 Å². The van der Waals surface area contributed by atoms with Crippen molar-refractivity contribution in [2.24, 2.45) is 5.73 Å². The molecule has 0 radical (unpaired) electrons. The van der Waals surface area contributed by atoms with Gasteiger partial charge in [0, 0.05) is 32.3 Å². The Kier molecular flexibility index (Phi) is 5.40. The summed E-state index contributed by atoms with van der Waals surface area (Å²) in [5, 5.41) is 0. The molecule has 2 atom stereocenters. The fourth-order valence-electron chi connectivity index (χ4n) is 1.66. The third-order valence-corrected chi connectivity index (χ3v) is 2.62. The van der Waals surface area contributed by atoms with Crippen molar-refractivity contribution >= 4 is 0 Å².